The van der Waals surface area contributed by atoms with Crippen LogP contribution in [0.25, 0.3) is 0 Å². The first kappa shape index (κ1) is 6.66. The van der Waals surface area contributed by atoms with Crippen LogP contribution in [0.5, 0.6) is 0 Å². The monoisotopic (exact) mass is 143 g/mol. The SMILES string of the molecule is CN(C)c1n[nH]c(=O)n1N. The average Bonchev–Trinajstić information content (AvgIpc) is 2.14. The van der Waals surface area contributed by atoms with Crippen molar-refractivity contribution in [3.8, 4) is 0 Å². The van der Waals surface area contributed by atoms with Gasteiger partial charge in [-0.1, -0.05) is 0 Å². The number of nitrogens with two attached hydrogens (primary N) is 1. The quantitative estimate of drug-likeness (QED) is 0.462. The molecule has 6 nitrogen and oxygen atoms in total. The van der Waals surface area contributed by atoms with E-state index in [2.05, 4.69) is 10.2 Å². The van der Waals surface area contributed by atoms with Crippen LogP contribution in [-0.2, 0) is 0 Å². The molecule has 1 aromatic rings. The van der Waals surface area contributed by atoms with E-state index in [9.17, 15) is 4.79 Å². The topological polar surface area (TPSA) is 79.9 Å². The smallest absolute Gasteiger partial charge is 0.346 e. The largest absolute Gasteiger partial charge is 0.363 e. The molecule has 0 aliphatic carbocycles. The number of H-pyrrole nitrogens is 1. The van der Waals surface area contributed by atoms with Crippen molar-refractivity contribution in [3.63, 3.8) is 0 Å². The number of hydrogen-bond donors (Lipinski definition) is 2. The molecule has 0 aliphatic heterocycles. The molecule has 0 bridgehead atoms. The number of aromatic amines is 1. The van der Waals surface area contributed by atoms with Crippen molar-refractivity contribution in [2.75, 3.05) is 24.8 Å². The van der Waals surface area contributed by atoms with E-state index in [0.29, 0.717) is 5.95 Å². The van der Waals surface area contributed by atoms with E-state index in [1.807, 2.05) is 0 Å². The van der Waals surface area contributed by atoms with Crippen LogP contribution in [0.3, 0.4) is 0 Å². The van der Waals surface area contributed by atoms with E-state index in [0.717, 1.165) is 4.68 Å². The summed E-state index contributed by atoms with van der Waals surface area (Å²) in [5.74, 6) is 5.68. The van der Waals surface area contributed by atoms with Gasteiger partial charge in [0, 0.05) is 14.1 Å². The molecule has 0 spiro atoms. The molecule has 0 unspecified atom stereocenters. The molecule has 6 heteroatoms. The third kappa shape index (κ3) is 0.831. The lowest BCUT2D eigenvalue weighted by Crippen LogP contribution is -2.28. The fourth-order valence-corrected chi connectivity index (χ4v) is 0.612. The molecule has 1 aromatic heterocycles. The number of nitrogen functional groups attached to an aromatic ring is 1. The number of aromatic nitrogens is 3. The van der Waals surface area contributed by atoms with Crippen LogP contribution >= 0.6 is 0 Å². The van der Waals surface area contributed by atoms with Crippen molar-refractivity contribution in [3.05, 3.63) is 10.5 Å². The Hall–Kier alpha value is -1.46. The van der Waals surface area contributed by atoms with Gasteiger partial charge < -0.3 is 10.7 Å². The van der Waals surface area contributed by atoms with Gasteiger partial charge in [0.05, 0.1) is 0 Å². The lowest BCUT2D eigenvalue weighted by Gasteiger charge is -2.07. The summed E-state index contributed by atoms with van der Waals surface area (Å²) in [5.41, 5.74) is -0.413. The van der Waals surface area contributed by atoms with Crippen molar-refractivity contribution >= 4 is 5.95 Å². The zero-order valence-electron chi connectivity index (χ0n) is 5.83. The summed E-state index contributed by atoms with van der Waals surface area (Å²) in [6, 6.07) is 0. The number of anilines is 1. The Kier molecular flexibility index (Phi) is 1.37. The Morgan fingerprint density at radius 3 is 2.50 bits per heavy atom. The highest BCUT2D eigenvalue weighted by Gasteiger charge is 2.04. The first-order valence-corrected chi connectivity index (χ1v) is 2.72. The van der Waals surface area contributed by atoms with Crippen LogP contribution in [0.2, 0.25) is 0 Å². The maximum atomic E-state index is 10.6. The van der Waals surface area contributed by atoms with E-state index in [1.165, 1.54) is 0 Å². The van der Waals surface area contributed by atoms with Crippen molar-refractivity contribution in [1.82, 2.24) is 14.9 Å². The number of nitrogens with one attached hydrogen (secondary N) is 1. The standard InChI is InChI=1S/C4H9N5O/c1-8(2)3-6-7-4(10)9(3)5/h5H2,1-2H3,(H,7,10). The molecule has 1 rings (SSSR count). The van der Waals surface area contributed by atoms with Crippen LogP contribution in [0, 0.1) is 0 Å². The first-order valence-electron chi connectivity index (χ1n) is 2.72. The maximum Gasteiger partial charge on any atom is 0.363 e. The predicted molar refractivity (Wildman–Crippen MR) is 37.3 cm³/mol. The average molecular weight is 143 g/mol. The predicted octanol–water partition coefficient (Wildman–Crippen LogP) is -1.65. The minimum Gasteiger partial charge on any atom is -0.346 e. The van der Waals surface area contributed by atoms with Gasteiger partial charge in [0.1, 0.15) is 0 Å². The molecular formula is C4H9N5O. The Labute approximate surface area is 57.2 Å². The second-order valence-corrected chi connectivity index (χ2v) is 2.09. The van der Waals surface area contributed by atoms with Crippen molar-refractivity contribution in [2.24, 2.45) is 0 Å². The van der Waals surface area contributed by atoms with Crippen LogP contribution in [0.4, 0.5) is 5.95 Å². The Balaban J connectivity index is 3.18. The Morgan fingerprint density at radius 2 is 2.30 bits per heavy atom. The summed E-state index contributed by atoms with van der Waals surface area (Å²) in [6.07, 6.45) is 0. The van der Waals surface area contributed by atoms with E-state index in [1.54, 1.807) is 19.0 Å². The third-order valence-corrected chi connectivity index (χ3v) is 1.09. The molecule has 0 aliphatic rings. The molecular weight excluding hydrogens is 134 g/mol. The molecule has 0 radical (unpaired) electrons. The third-order valence-electron chi connectivity index (χ3n) is 1.09. The molecule has 1 heterocycles. The molecule has 56 valence electrons. The van der Waals surface area contributed by atoms with Crippen LogP contribution < -0.4 is 16.4 Å². The van der Waals surface area contributed by atoms with Gasteiger partial charge in [-0.2, -0.15) is 4.68 Å². The number of hydrogen-bond acceptors (Lipinski definition) is 4. The van der Waals surface area contributed by atoms with Gasteiger partial charge in [-0.15, -0.1) is 5.10 Å². The number of nitrogens with zero attached hydrogens (tertiary/aromatic N) is 3. The summed E-state index contributed by atoms with van der Waals surface area (Å²) in [7, 11) is 3.50. The lowest BCUT2D eigenvalue weighted by molar-refractivity contribution is 0.896. The number of rotatable bonds is 1. The summed E-state index contributed by atoms with van der Waals surface area (Å²) >= 11 is 0. The van der Waals surface area contributed by atoms with E-state index in [-0.39, 0.29) is 0 Å². The zero-order chi connectivity index (χ0) is 7.72. The zero-order valence-corrected chi connectivity index (χ0v) is 5.83. The summed E-state index contributed by atoms with van der Waals surface area (Å²) < 4.78 is 0.944. The minimum atomic E-state index is -0.413. The van der Waals surface area contributed by atoms with Crippen molar-refractivity contribution < 1.29 is 0 Å². The Bertz CT molecular complexity index is 271. The van der Waals surface area contributed by atoms with Gasteiger partial charge in [-0.05, 0) is 0 Å². The lowest BCUT2D eigenvalue weighted by atomic mass is 10.8. The minimum absolute atomic E-state index is 0.407. The van der Waals surface area contributed by atoms with Crippen LogP contribution in [0.1, 0.15) is 0 Å². The molecule has 0 fully saturated rings. The molecule has 10 heavy (non-hydrogen) atoms. The Morgan fingerprint density at radius 1 is 1.70 bits per heavy atom. The van der Waals surface area contributed by atoms with Gasteiger partial charge in [-0.3, -0.25) is 0 Å². The van der Waals surface area contributed by atoms with Gasteiger partial charge in [0.2, 0.25) is 5.95 Å². The second kappa shape index (κ2) is 2.05. The summed E-state index contributed by atoms with van der Waals surface area (Å²) in [4.78, 5) is 12.3. The first-order chi connectivity index (χ1) is 4.63. The molecule has 0 amide bonds. The van der Waals surface area contributed by atoms with Gasteiger partial charge in [0.25, 0.3) is 0 Å². The van der Waals surface area contributed by atoms with Gasteiger partial charge in [-0.25, -0.2) is 9.89 Å². The van der Waals surface area contributed by atoms with Gasteiger partial charge >= 0.3 is 5.69 Å². The van der Waals surface area contributed by atoms with E-state index < -0.39 is 5.69 Å². The molecule has 0 saturated carbocycles. The van der Waals surface area contributed by atoms with Crippen LogP contribution in [0.15, 0.2) is 4.79 Å². The van der Waals surface area contributed by atoms with E-state index >= 15 is 0 Å². The fourth-order valence-electron chi connectivity index (χ4n) is 0.612. The summed E-state index contributed by atoms with van der Waals surface area (Å²) in [6.45, 7) is 0. The highest BCUT2D eigenvalue weighted by molar-refractivity contribution is 5.25. The van der Waals surface area contributed by atoms with E-state index in [4.69, 9.17) is 5.84 Å². The normalized spacial score (nSPS) is 9.80. The molecule has 0 atom stereocenters. The highest BCUT2D eigenvalue weighted by Crippen LogP contribution is 1.95. The van der Waals surface area contributed by atoms with Crippen molar-refractivity contribution in [1.29, 1.82) is 0 Å². The molecule has 0 saturated heterocycles. The maximum absolute atomic E-state index is 10.6. The highest BCUT2D eigenvalue weighted by atomic mass is 16.2. The summed E-state index contributed by atoms with van der Waals surface area (Å²) in [5, 5.41) is 5.85. The molecule has 3 N–H and O–H groups in total. The molecule has 0 aromatic carbocycles. The second-order valence-electron chi connectivity index (χ2n) is 2.09. The van der Waals surface area contributed by atoms with Crippen molar-refractivity contribution in [2.45, 2.75) is 0 Å². The fraction of sp³-hybridized carbons (Fsp3) is 0.500. The van der Waals surface area contributed by atoms with Crippen LogP contribution in [-0.4, -0.2) is 29.0 Å². The van der Waals surface area contributed by atoms with Gasteiger partial charge in [0.15, 0.2) is 0 Å².